The van der Waals surface area contributed by atoms with E-state index in [-0.39, 0.29) is 11.7 Å². The lowest BCUT2D eigenvalue weighted by Gasteiger charge is -2.32. The normalized spacial score (nSPS) is 14.6. The third-order valence-corrected chi connectivity index (χ3v) is 7.06. The van der Waals surface area contributed by atoms with Crippen molar-refractivity contribution in [2.75, 3.05) is 13.1 Å². The number of amides is 1. The van der Waals surface area contributed by atoms with Crippen LogP contribution >= 0.6 is 0 Å². The Morgan fingerprint density at radius 2 is 1.76 bits per heavy atom. The standard InChI is InChI=1S/C30H27F3N2O2/c1-20-26(23-8-10-25(11-9-23)37-30(31,32)33)5-2-6-27(20)29(36)35-16-13-21(14-17-35)18-22-7-12-28-24(19-22)4-3-15-34-28/h2-12,15,19,21H,13-14,16-18H2,1H3. The summed E-state index contributed by atoms with van der Waals surface area (Å²) in [6, 6.07) is 21.7. The highest BCUT2D eigenvalue weighted by molar-refractivity contribution is 5.97. The Morgan fingerprint density at radius 1 is 1.00 bits per heavy atom. The largest absolute Gasteiger partial charge is 0.573 e. The molecule has 1 aromatic heterocycles. The van der Waals surface area contributed by atoms with Crippen molar-refractivity contribution in [1.29, 1.82) is 0 Å². The first-order valence-electron chi connectivity index (χ1n) is 12.4. The molecule has 1 fully saturated rings. The fourth-order valence-corrected chi connectivity index (χ4v) is 5.11. The molecule has 2 heterocycles. The summed E-state index contributed by atoms with van der Waals surface area (Å²) in [6.07, 6.45) is -0.0680. The van der Waals surface area contributed by atoms with Gasteiger partial charge >= 0.3 is 6.36 Å². The first-order valence-corrected chi connectivity index (χ1v) is 12.4. The average molecular weight is 505 g/mol. The smallest absolute Gasteiger partial charge is 0.406 e. The van der Waals surface area contributed by atoms with Gasteiger partial charge in [-0.3, -0.25) is 9.78 Å². The van der Waals surface area contributed by atoms with Crippen LogP contribution in [0.2, 0.25) is 0 Å². The molecule has 4 aromatic rings. The van der Waals surface area contributed by atoms with Gasteiger partial charge in [-0.1, -0.05) is 36.4 Å². The SMILES string of the molecule is Cc1c(C(=O)N2CCC(Cc3ccc4ncccc4c3)CC2)cccc1-c1ccc(OC(F)(F)F)cc1. The fraction of sp³-hybridized carbons (Fsp3) is 0.267. The Morgan fingerprint density at radius 3 is 2.49 bits per heavy atom. The second kappa shape index (κ2) is 10.2. The molecule has 0 saturated carbocycles. The number of aromatic nitrogens is 1. The van der Waals surface area contributed by atoms with E-state index in [0.29, 0.717) is 24.6 Å². The van der Waals surface area contributed by atoms with Crippen LogP contribution < -0.4 is 4.74 Å². The first-order chi connectivity index (χ1) is 17.8. The van der Waals surface area contributed by atoms with Crippen molar-refractivity contribution in [3.8, 4) is 16.9 Å². The zero-order valence-corrected chi connectivity index (χ0v) is 20.5. The lowest BCUT2D eigenvalue weighted by molar-refractivity contribution is -0.274. The third-order valence-electron chi connectivity index (χ3n) is 7.06. The summed E-state index contributed by atoms with van der Waals surface area (Å²) in [5.74, 6) is 0.235. The molecule has 4 nitrogen and oxygen atoms in total. The van der Waals surface area contributed by atoms with Crippen LogP contribution in [0.1, 0.15) is 34.3 Å². The second-order valence-corrected chi connectivity index (χ2v) is 9.52. The van der Waals surface area contributed by atoms with Crippen LogP contribution in [0.15, 0.2) is 79.0 Å². The number of pyridine rings is 1. The molecule has 0 N–H and O–H groups in total. The van der Waals surface area contributed by atoms with Crippen LogP contribution in [0.25, 0.3) is 22.0 Å². The van der Waals surface area contributed by atoms with Crippen molar-refractivity contribution >= 4 is 16.8 Å². The number of carbonyl (C=O) groups is 1. The Labute approximate surface area is 213 Å². The van der Waals surface area contributed by atoms with E-state index < -0.39 is 6.36 Å². The molecule has 0 unspecified atom stereocenters. The highest BCUT2D eigenvalue weighted by atomic mass is 19.4. The van der Waals surface area contributed by atoms with Gasteiger partial charge in [-0.2, -0.15) is 0 Å². The summed E-state index contributed by atoms with van der Waals surface area (Å²) >= 11 is 0. The minimum Gasteiger partial charge on any atom is -0.406 e. The topological polar surface area (TPSA) is 42.4 Å². The van der Waals surface area contributed by atoms with Crippen LogP contribution in [0.3, 0.4) is 0 Å². The molecule has 1 saturated heterocycles. The highest BCUT2D eigenvalue weighted by Crippen LogP contribution is 2.31. The molecule has 1 amide bonds. The van der Waals surface area contributed by atoms with Crippen molar-refractivity contribution in [3.63, 3.8) is 0 Å². The van der Waals surface area contributed by atoms with E-state index in [2.05, 4.69) is 34.0 Å². The van der Waals surface area contributed by atoms with Crippen LogP contribution in [-0.2, 0) is 6.42 Å². The molecule has 0 atom stereocenters. The van der Waals surface area contributed by atoms with Crippen LogP contribution in [-0.4, -0.2) is 35.2 Å². The number of ether oxygens (including phenoxy) is 1. The number of benzene rings is 3. The Hall–Kier alpha value is -3.87. The lowest BCUT2D eigenvalue weighted by Crippen LogP contribution is -2.39. The molecule has 0 aliphatic carbocycles. The van der Waals surface area contributed by atoms with E-state index in [4.69, 9.17) is 0 Å². The summed E-state index contributed by atoms with van der Waals surface area (Å²) < 4.78 is 41.4. The monoisotopic (exact) mass is 504 g/mol. The molecular formula is C30H27F3N2O2. The number of hydrogen-bond donors (Lipinski definition) is 0. The molecule has 1 aliphatic rings. The molecule has 3 aromatic carbocycles. The Bertz CT molecular complexity index is 1410. The van der Waals surface area contributed by atoms with Crippen LogP contribution in [0.4, 0.5) is 13.2 Å². The summed E-state index contributed by atoms with van der Waals surface area (Å²) in [5.41, 5.74) is 5.25. The maximum atomic E-state index is 13.4. The molecule has 37 heavy (non-hydrogen) atoms. The quantitative estimate of drug-likeness (QED) is 0.289. The Balaban J connectivity index is 1.24. The number of rotatable bonds is 5. The molecular weight excluding hydrogens is 477 g/mol. The number of likely N-dealkylation sites (tertiary alicyclic amines) is 1. The van der Waals surface area contributed by atoms with Crippen LogP contribution in [0.5, 0.6) is 5.75 Å². The third kappa shape index (κ3) is 5.77. The average Bonchev–Trinajstić information content (AvgIpc) is 2.88. The summed E-state index contributed by atoms with van der Waals surface area (Å²) in [7, 11) is 0. The lowest BCUT2D eigenvalue weighted by atomic mass is 9.89. The minimum absolute atomic E-state index is 0.00777. The second-order valence-electron chi connectivity index (χ2n) is 9.52. The van der Waals surface area contributed by atoms with Gasteiger partial charge in [0.15, 0.2) is 0 Å². The number of alkyl halides is 3. The van der Waals surface area contributed by atoms with E-state index in [1.54, 1.807) is 18.3 Å². The van der Waals surface area contributed by atoms with E-state index >= 15 is 0 Å². The molecule has 1 aliphatic heterocycles. The summed E-state index contributed by atoms with van der Waals surface area (Å²) in [6.45, 7) is 3.28. The van der Waals surface area contributed by atoms with Gasteiger partial charge in [0.25, 0.3) is 5.91 Å². The number of hydrogen-bond acceptors (Lipinski definition) is 3. The van der Waals surface area contributed by atoms with E-state index in [9.17, 15) is 18.0 Å². The maximum Gasteiger partial charge on any atom is 0.573 e. The molecule has 0 bridgehead atoms. The van der Waals surface area contributed by atoms with Gasteiger partial charge in [0.2, 0.25) is 0 Å². The molecule has 7 heteroatoms. The summed E-state index contributed by atoms with van der Waals surface area (Å²) in [4.78, 5) is 19.7. The van der Waals surface area contributed by atoms with Crippen molar-refractivity contribution in [3.05, 3.63) is 95.7 Å². The van der Waals surface area contributed by atoms with Gasteiger partial charge in [0.1, 0.15) is 5.75 Å². The van der Waals surface area contributed by atoms with Crippen molar-refractivity contribution in [1.82, 2.24) is 9.88 Å². The predicted molar refractivity (Wildman–Crippen MR) is 137 cm³/mol. The number of fused-ring (bicyclic) bond motifs is 1. The maximum absolute atomic E-state index is 13.4. The van der Waals surface area contributed by atoms with Gasteiger partial charge in [0.05, 0.1) is 5.52 Å². The zero-order valence-electron chi connectivity index (χ0n) is 20.5. The summed E-state index contributed by atoms with van der Waals surface area (Å²) in [5, 5.41) is 1.14. The molecule has 0 radical (unpaired) electrons. The van der Waals surface area contributed by atoms with Crippen molar-refractivity contribution in [2.24, 2.45) is 5.92 Å². The van der Waals surface area contributed by atoms with E-state index in [1.165, 1.54) is 17.7 Å². The number of piperidine rings is 1. The van der Waals surface area contributed by atoms with Crippen molar-refractivity contribution < 1.29 is 22.7 Å². The van der Waals surface area contributed by atoms with Gasteiger partial charge in [-0.25, -0.2) is 0 Å². The molecule has 5 rings (SSSR count). The zero-order chi connectivity index (χ0) is 26.0. The molecule has 190 valence electrons. The van der Waals surface area contributed by atoms with Gasteiger partial charge in [0, 0.05) is 30.2 Å². The first kappa shape index (κ1) is 24.8. The predicted octanol–water partition coefficient (Wildman–Crippen LogP) is 7.20. The number of nitrogens with zero attached hydrogens (tertiary/aromatic N) is 2. The number of carbonyl (C=O) groups excluding carboxylic acids is 1. The van der Waals surface area contributed by atoms with Crippen molar-refractivity contribution in [2.45, 2.75) is 32.5 Å². The van der Waals surface area contributed by atoms with Gasteiger partial charge < -0.3 is 9.64 Å². The van der Waals surface area contributed by atoms with E-state index in [0.717, 1.165) is 46.9 Å². The highest BCUT2D eigenvalue weighted by Gasteiger charge is 2.31. The number of halogens is 3. The van der Waals surface area contributed by atoms with Gasteiger partial charge in [-0.15, -0.1) is 13.2 Å². The van der Waals surface area contributed by atoms with E-state index in [1.807, 2.05) is 36.1 Å². The molecule has 0 spiro atoms. The van der Waals surface area contributed by atoms with Gasteiger partial charge in [-0.05, 0) is 90.8 Å². The minimum atomic E-state index is -4.73. The van der Waals surface area contributed by atoms with Crippen LogP contribution in [0, 0.1) is 12.8 Å². The Kier molecular flexibility index (Phi) is 6.87. The fourth-order valence-electron chi connectivity index (χ4n) is 5.11.